The van der Waals surface area contributed by atoms with Gasteiger partial charge >= 0.3 is 0 Å². The Morgan fingerprint density at radius 2 is 2.21 bits per heavy atom. The summed E-state index contributed by atoms with van der Waals surface area (Å²) in [7, 11) is 0. The summed E-state index contributed by atoms with van der Waals surface area (Å²) < 4.78 is 10.8. The molecule has 0 aliphatic heterocycles. The summed E-state index contributed by atoms with van der Waals surface area (Å²) in [5.74, 6) is 0.221. The molecule has 3 N–H and O–H groups in total. The van der Waals surface area contributed by atoms with E-state index in [1.165, 1.54) is 11.3 Å². The number of carbonyl (C=O) groups is 1. The van der Waals surface area contributed by atoms with Crippen LogP contribution in [0.5, 0.6) is 11.5 Å². The maximum atomic E-state index is 10.9. The van der Waals surface area contributed by atoms with Gasteiger partial charge in [-0.05, 0) is 19.9 Å². The monoisotopic (exact) mass is 368 g/mol. The molecule has 0 bridgehead atoms. The van der Waals surface area contributed by atoms with Crippen LogP contribution in [0.3, 0.4) is 0 Å². The summed E-state index contributed by atoms with van der Waals surface area (Å²) in [6.45, 7) is 3.92. The van der Waals surface area contributed by atoms with Crippen LogP contribution in [0.15, 0.2) is 22.6 Å². The predicted octanol–water partition coefficient (Wildman–Crippen LogP) is 2.81. The molecule has 128 valence electrons. The highest BCUT2D eigenvalue weighted by atomic mass is 35.5. The predicted molar refractivity (Wildman–Crippen MR) is 95.4 cm³/mol. The van der Waals surface area contributed by atoms with Crippen molar-refractivity contribution < 1.29 is 14.3 Å². The number of ether oxygens (including phenoxy) is 2. The Morgan fingerprint density at radius 3 is 2.83 bits per heavy atom. The smallest absolute Gasteiger partial charge is 0.255 e. The Labute approximate surface area is 148 Å². The molecule has 1 aromatic heterocycles. The number of anilines is 1. The van der Waals surface area contributed by atoms with E-state index in [1.54, 1.807) is 18.3 Å². The van der Waals surface area contributed by atoms with Gasteiger partial charge in [0.2, 0.25) is 5.13 Å². The van der Waals surface area contributed by atoms with E-state index in [-0.39, 0.29) is 6.61 Å². The third kappa shape index (κ3) is 5.10. The SMILES string of the molecule is CCOc1cc(C=NNc2nc(C)cs2)c(Cl)cc1OCC(N)=O. The third-order valence-electron chi connectivity index (χ3n) is 2.72. The number of hydrazone groups is 1. The van der Waals surface area contributed by atoms with E-state index in [4.69, 9.17) is 26.8 Å². The number of carbonyl (C=O) groups excluding carboxylic acids is 1. The summed E-state index contributed by atoms with van der Waals surface area (Å²) in [5, 5.41) is 7.12. The van der Waals surface area contributed by atoms with Crippen molar-refractivity contribution in [3.8, 4) is 11.5 Å². The van der Waals surface area contributed by atoms with Gasteiger partial charge in [-0.25, -0.2) is 4.98 Å². The highest BCUT2D eigenvalue weighted by Crippen LogP contribution is 2.33. The molecule has 1 aromatic carbocycles. The number of hydrogen-bond donors (Lipinski definition) is 2. The average Bonchev–Trinajstić information content (AvgIpc) is 2.94. The van der Waals surface area contributed by atoms with Crippen molar-refractivity contribution in [2.45, 2.75) is 13.8 Å². The molecule has 1 amide bonds. The molecular weight excluding hydrogens is 352 g/mol. The van der Waals surface area contributed by atoms with Gasteiger partial charge < -0.3 is 15.2 Å². The second-order valence-corrected chi connectivity index (χ2v) is 5.94. The average molecular weight is 369 g/mol. The number of halogens is 1. The number of thiazole rings is 1. The van der Waals surface area contributed by atoms with Crippen molar-refractivity contribution in [3.63, 3.8) is 0 Å². The molecule has 0 fully saturated rings. The summed E-state index contributed by atoms with van der Waals surface area (Å²) in [5.41, 5.74) is 9.47. The van der Waals surface area contributed by atoms with Gasteiger partial charge in [0.05, 0.1) is 23.5 Å². The van der Waals surface area contributed by atoms with Crippen LogP contribution in [0.25, 0.3) is 0 Å². The number of amides is 1. The molecule has 1 heterocycles. The lowest BCUT2D eigenvalue weighted by Gasteiger charge is -2.12. The van der Waals surface area contributed by atoms with Crippen molar-refractivity contribution in [2.24, 2.45) is 10.8 Å². The first-order valence-corrected chi connectivity index (χ1v) is 8.34. The number of rotatable bonds is 8. The number of hydrogen-bond acceptors (Lipinski definition) is 7. The Bertz CT molecular complexity index is 748. The zero-order valence-electron chi connectivity index (χ0n) is 13.2. The van der Waals surface area contributed by atoms with Crippen LogP contribution in [0.4, 0.5) is 5.13 Å². The van der Waals surface area contributed by atoms with E-state index in [1.807, 2.05) is 19.2 Å². The number of nitrogens with one attached hydrogen (secondary N) is 1. The minimum atomic E-state index is -0.581. The first-order valence-electron chi connectivity index (χ1n) is 7.08. The number of aromatic nitrogens is 1. The lowest BCUT2D eigenvalue weighted by Crippen LogP contribution is -2.20. The Kier molecular flexibility index (Phi) is 6.39. The molecular formula is C15H17ClN4O3S. The third-order valence-corrected chi connectivity index (χ3v) is 3.91. The summed E-state index contributed by atoms with van der Waals surface area (Å²) >= 11 is 7.67. The maximum absolute atomic E-state index is 10.9. The summed E-state index contributed by atoms with van der Waals surface area (Å²) in [6.07, 6.45) is 1.56. The molecule has 7 nitrogen and oxygen atoms in total. The van der Waals surface area contributed by atoms with Crippen molar-refractivity contribution in [1.29, 1.82) is 0 Å². The Hall–Kier alpha value is -2.32. The highest BCUT2D eigenvalue weighted by Gasteiger charge is 2.11. The quantitative estimate of drug-likeness (QED) is 0.551. The zero-order valence-corrected chi connectivity index (χ0v) is 14.8. The van der Waals surface area contributed by atoms with Gasteiger partial charge in [-0.2, -0.15) is 5.10 Å². The number of nitrogens with zero attached hydrogens (tertiary/aromatic N) is 2. The maximum Gasteiger partial charge on any atom is 0.255 e. The highest BCUT2D eigenvalue weighted by molar-refractivity contribution is 7.13. The molecule has 0 aliphatic rings. The fourth-order valence-electron chi connectivity index (χ4n) is 1.74. The summed E-state index contributed by atoms with van der Waals surface area (Å²) in [4.78, 5) is 15.1. The molecule has 24 heavy (non-hydrogen) atoms. The molecule has 9 heteroatoms. The van der Waals surface area contributed by atoms with Crippen molar-refractivity contribution in [2.75, 3.05) is 18.6 Å². The van der Waals surface area contributed by atoms with E-state index in [9.17, 15) is 4.79 Å². The largest absolute Gasteiger partial charge is 0.490 e. The van der Waals surface area contributed by atoms with Gasteiger partial charge in [-0.1, -0.05) is 11.6 Å². The van der Waals surface area contributed by atoms with Crippen molar-refractivity contribution >= 4 is 40.2 Å². The van der Waals surface area contributed by atoms with Crippen molar-refractivity contribution in [3.05, 3.63) is 33.8 Å². The van der Waals surface area contributed by atoms with E-state index in [0.717, 1.165) is 5.69 Å². The fourth-order valence-corrected chi connectivity index (χ4v) is 2.58. The van der Waals surface area contributed by atoms with Gasteiger partial charge in [0.1, 0.15) is 0 Å². The number of benzene rings is 1. The van der Waals surface area contributed by atoms with E-state index >= 15 is 0 Å². The normalized spacial score (nSPS) is 10.8. The molecule has 0 aliphatic carbocycles. The number of aryl methyl sites for hydroxylation is 1. The number of primary amides is 1. The molecule has 0 atom stereocenters. The zero-order chi connectivity index (χ0) is 17.5. The van der Waals surface area contributed by atoms with Gasteiger partial charge in [0.15, 0.2) is 18.1 Å². The van der Waals surface area contributed by atoms with Gasteiger partial charge in [-0.15, -0.1) is 11.3 Å². The second kappa shape index (κ2) is 8.51. The first kappa shape index (κ1) is 18.0. The number of nitrogens with two attached hydrogens (primary N) is 1. The lowest BCUT2D eigenvalue weighted by atomic mass is 10.2. The minimum absolute atomic E-state index is 0.255. The van der Waals surface area contributed by atoms with Crippen LogP contribution < -0.4 is 20.6 Å². The molecule has 0 spiro atoms. The first-order chi connectivity index (χ1) is 11.5. The molecule has 0 saturated carbocycles. The fraction of sp³-hybridized carbons (Fsp3) is 0.267. The van der Waals surface area contributed by atoms with Gasteiger partial charge in [-0.3, -0.25) is 10.2 Å². The molecule has 0 saturated heterocycles. The van der Waals surface area contributed by atoms with E-state index < -0.39 is 5.91 Å². The van der Waals surface area contributed by atoms with Crippen LogP contribution in [-0.2, 0) is 4.79 Å². The Balaban J connectivity index is 2.16. The Morgan fingerprint density at radius 1 is 1.46 bits per heavy atom. The van der Waals surface area contributed by atoms with Gasteiger partial charge in [0.25, 0.3) is 5.91 Å². The van der Waals surface area contributed by atoms with Crippen LogP contribution >= 0.6 is 22.9 Å². The standard InChI is InChI=1S/C15H17ClN4O3S/c1-3-22-12-4-10(6-18-20-15-19-9(2)8-24-15)11(16)5-13(12)23-7-14(17)21/h4-6,8H,3,7H2,1-2H3,(H2,17,21)(H,19,20). The van der Waals surface area contributed by atoms with Crippen LogP contribution in [0, 0.1) is 6.92 Å². The van der Waals surface area contributed by atoms with Crippen LogP contribution in [-0.4, -0.2) is 30.3 Å². The lowest BCUT2D eigenvalue weighted by molar-refractivity contribution is -0.119. The topological polar surface area (TPSA) is 98.8 Å². The molecule has 0 radical (unpaired) electrons. The molecule has 2 aromatic rings. The molecule has 0 unspecified atom stereocenters. The van der Waals surface area contributed by atoms with Crippen LogP contribution in [0.1, 0.15) is 18.2 Å². The van der Waals surface area contributed by atoms with Crippen molar-refractivity contribution in [1.82, 2.24) is 4.98 Å². The van der Waals surface area contributed by atoms with E-state index in [2.05, 4.69) is 15.5 Å². The summed E-state index contributed by atoms with van der Waals surface area (Å²) in [6, 6.07) is 3.24. The minimum Gasteiger partial charge on any atom is -0.490 e. The second-order valence-electron chi connectivity index (χ2n) is 4.67. The van der Waals surface area contributed by atoms with Crippen LogP contribution in [0.2, 0.25) is 5.02 Å². The van der Waals surface area contributed by atoms with Gasteiger partial charge in [0, 0.05) is 17.0 Å². The van der Waals surface area contributed by atoms with E-state index in [0.29, 0.717) is 33.8 Å². The molecule has 2 rings (SSSR count).